The minimum absolute atomic E-state index is 0.0824. The molecule has 0 aliphatic carbocycles. The van der Waals surface area contributed by atoms with Crippen molar-refractivity contribution in [3.05, 3.63) is 58.6 Å². The number of carbonyl (C=O) groups excluding carboxylic acids is 1. The molecule has 0 aromatic heterocycles. The van der Waals surface area contributed by atoms with Crippen molar-refractivity contribution in [3.63, 3.8) is 0 Å². The zero-order chi connectivity index (χ0) is 15.4. The van der Waals surface area contributed by atoms with Crippen molar-refractivity contribution in [2.24, 2.45) is 5.73 Å². The van der Waals surface area contributed by atoms with Crippen molar-refractivity contribution in [3.8, 4) is 0 Å². The first-order valence-corrected chi connectivity index (χ1v) is 7.03. The quantitative estimate of drug-likeness (QED) is 0.791. The van der Waals surface area contributed by atoms with Crippen molar-refractivity contribution in [1.29, 1.82) is 0 Å². The van der Waals surface area contributed by atoms with E-state index >= 15 is 0 Å². The van der Waals surface area contributed by atoms with Crippen LogP contribution >= 0.6 is 11.6 Å². The van der Waals surface area contributed by atoms with Crippen molar-refractivity contribution in [1.82, 2.24) is 0 Å². The molecule has 0 heterocycles. The highest BCUT2D eigenvalue weighted by molar-refractivity contribution is 6.33. The van der Waals surface area contributed by atoms with Gasteiger partial charge in [0.05, 0.1) is 10.7 Å². The summed E-state index contributed by atoms with van der Waals surface area (Å²) in [4.78, 5) is 12.0. The summed E-state index contributed by atoms with van der Waals surface area (Å²) in [5.74, 6) is 0. The molecular formula is C16H18ClN3O. The highest BCUT2D eigenvalue weighted by Crippen LogP contribution is 2.23. The number of hydrogen-bond donors (Lipinski definition) is 3. The summed E-state index contributed by atoms with van der Waals surface area (Å²) in [6, 6.07) is 12.5. The average molecular weight is 304 g/mol. The fourth-order valence-corrected chi connectivity index (χ4v) is 2.08. The van der Waals surface area contributed by atoms with Crippen LogP contribution in [0.25, 0.3) is 0 Å². The number of aryl methyl sites for hydroxylation is 1. The largest absolute Gasteiger partial charge is 0.324 e. The van der Waals surface area contributed by atoms with Gasteiger partial charge in [-0.15, -0.1) is 0 Å². The van der Waals surface area contributed by atoms with Crippen LogP contribution in [-0.4, -0.2) is 6.03 Å². The molecule has 2 aromatic rings. The van der Waals surface area contributed by atoms with E-state index in [2.05, 4.69) is 10.6 Å². The topological polar surface area (TPSA) is 67.2 Å². The van der Waals surface area contributed by atoms with Gasteiger partial charge in [-0.3, -0.25) is 0 Å². The van der Waals surface area contributed by atoms with Gasteiger partial charge in [-0.2, -0.15) is 0 Å². The molecule has 4 N–H and O–H groups in total. The van der Waals surface area contributed by atoms with E-state index in [0.29, 0.717) is 16.4 Å². The fraction of sp³-hybridized carbons (Fsp3) is 0.188. The van der Waals surface area contributed by atoms with Crippen LogP contribution in [0.15, 0.2) is 42.5 Å². The maximum absolute atomic E-state index is 12.0. The third-order valence-electron chi connectivity index (χ3n) is 3.04. The monoisotopic (exact) mass is 303 g/mol. The molecule has 2 rings (SSSR count). The van der Waals surface area contributed by atoms with Crippen LogP contribution in [0.5, 0.6) is 0 Å². The van der Waals surface area contributed by atoms with E-state index in [0.717, 1.165) is 11.1 Å². The van der Waals surface area contributed by atoms with Gasteiger partial charge in [-0.05, 0) is 49.2 Å². The second-order valence-corrected chi connectivity index (χ2v) is 5.38. The Labute approximate surface area is 129 Å². The van der Waals surface area contributed by atoms with Gasteiger partial charge in [-0.1, -0.05) is 29.8 Å². The van der Waals surface area contributed by atoms with Gasteiger partial charge < -0.3 is 16.4 Å². The molecule has 0 saturated carbocycles. The molecule has 21 heavy (non-hydrogen) atoms. The van der Waals surface area contributed by atoms with Crippen LogP contribution in [0.3, 0.4) is 0 Å². The molecule has 0 fully saturated rings. The number of anilines is 2. The van der Waals surface area contributed by atoms with Gasteiger partial charge in [-0.25, -0.2) is 4.79 Å². The average Bonchev–Trinajstić information content (AvgIpc) is 2.43. The molecule has 1 unspecified atom stereocenters. The van der Waals surface area contributed by atoms with Crippen molar-refractivity contribution in [2.75, 3.05) is 10.6 Å². The third kappa shape index (κ3) is 4.21. The first-order valence-electron chi connectivity index (χ1n) is 6.65. The van der Waals surface area contributed by atoms with E-state index in [-0.39, 0.29) is 12.1 Å². The Bertz CT molecular complexity index is 656. The minimum Gasteiger partial charge on any atom is -0.324 e. The van der Waals surface area contributed by atoms with Gasteiger partial charge in [0.25, 0.3) is 0 Å². The van der Waals surface area contributed by atoms with Crippen molar-refractivity contribution in [2.45, 2.75) is 19.9 Å². The molecule has 2 aromatic carbocycles. The summed E-state index contributed by atoms with van der Waals surface area (Å²) < 4.78 is 0. The molecule has 0 aliphatic heterocycles. The van der Waals surface area contributed by atoms with Crippen LogP contribution in [0.1, 0.15) is 24.1 Å². The lowest BCUT2D eigenvalue weighted by Gasteiger charge is -2.11. The van der Waals surface area contributed by atoms with E-state index in [1.165, 1.54) is 0 Å². The molecule has 0 bridgehead atoms. The molecule has 110 valence electrons. The second kappa shape index (κ2) is 6.61. The Morgan fingerprint density at radius 2 is 1.95 bits per heavy atom. The SMILES string of the molecule is Cc1ccc(Cl)c(NC(=O)Nc2cccc(C(C)N)c2)c1. The van der Waals surface area contributed by atoms with E-state index in [4.69, 9.17) is 17.3 Å². The lowest BCUT2D eigenvalue weighted by Crippen LogP contribution is -2.20. The lowest BCUT2D eigenvalue weighted by molar-refractivity contribution is 0.262. The molecule has 2 amide bonds. The highest BCUT2D eigenvalue weighted by atomic mass is 35.5. The normalized spacial score (nSPS) is 11.8. The number of rotatable bonds is 3. The van der Waals surface area contributed by atoms with Gasteiger partial charge in [0, 0.05) is 11.7 Å². The van der Waals surface area contributed by atoms with E-state index in [9.17, 15) is 4.79 Å². The predicted octanol–water partition coefficient (Wildman–Crippen LogP) is 4.31. The summed E-state index contributed by atoms with van der Waals surface area (Å²) in [5, 5.41) is 6.00. The van der Waals surface area contributed by atoms with Crippen LogP contribution in [0.4, 0.5) is 16.2 Å². The predicted molar refractivity (Wildman–Crippen MR) is 87.9 cm³/mol. The summed E-state index contributed by atoms with van der Waals surface area (Å²) >= 11 is 6.05. The van der Waals surface area contributed by atoms with E-state index < -0.39 is 0 Å². The Hall–Kier alpha value is -2.04. The number of nitrogens with one attached hydrogen (secondary N) is 2. The molecule has 0 spiro atoms. The molecule has 5 heteroatoms. The van der Waals surface area contributed by atoms with Crippen LogP contribution in [0.2, 0.25) is 5.02 Å². The standard InChI is InChI=1S/C16H18ClN3O/c1-10-6-7-14(17)15(8-10)20-16(21)19-13-5-3-4-12(9-13)11(2)18/h3-9,11H,18H2,1-2H3,(H2,19,20,21). The lowest BCUT2D eigenvalue weighted by atomic mass is 10.1. The molecule has 0 aliphatic rings. The zero-order valence-corrected chi connectivity index (χ0v) is 12.7. The number of nitrogens with two attached hydrogens (primary N) is 1. The Morgan fingerprint density at radius 1 is 1.19 bits per heavy atom. The number of halogens is 1. The van der Waals surface area contributed by atoms with Gasteiger partial charge >= 0.3 is 6.03 Å². The summed E-state index contributed by atoms with van der Waals surface area (Å²) in [5.41, 5.74) is 9.08. The summed E-state index contributed by atoms with van der Waals surface area (Å²) in [7, 11) is 0. The smallest absolute Gasteiger partial charge is 0.323 e. The number of hydrogen-bond acceptors (Lipinski definition) is 2. The maximum Gasteiger partial charge on any atom is 0.323 e. The minimum atomic E-state index is -0.343. The second-order valence-electron chi connectivity index (χ2n) is 4.98. The number of carbonyl (C=O) groups is 1. The molecule has 0 radical (unpaired) electrons. The van der Waals surface area contributed by atoms with Crippen LogP contribution in [-0.2, 0) is 0 Å². The maximum atomic E-state index is 12.0. The van der Waals surface area contributed by atoms with Gasteiger partial charge in [0.1, 0.15) is 0 Å². The van der Waals surface area contributed by atoms with Gasteiger partial charge in [0.2, 0.25) is 0 Å². The number of benzene rings is 2. The third-order valence-corrected chi connectivity index (χ3v) is 3.37. The Morgan fingerprint density at radius 3 is 2.67 bits per heavy atom. The van der Waals surface area contributed by atoms with Crippen molar-refractivity contribution >= 4 is 29.0 Å². The van der Waals surface area contributed by atoms with Gasteiger partial charge in [0.15, 0.2) is 0 Å². The Balaban J connectivity index is 2.08. The number of urea groups is 1. The first-order chi connectivity index (χ1) is 9.95. The summed E-state index contributed by atoms with van der Waals surface area (Å²) in [6.07, 6.45) is 0. The number of amides is 2. The highest BCUT2D eigenvalue weighted by Gasteiger charge is 2.07. The molecule has 1 atom stereocenters. The molecular weight excluding hydrogens is 286 g/mol. The zero-order valence-electron chi connectivity index (χ0n) is 12.0. The van der Waals surface area contributed by atoms with E-state index in [1.807, 2.05) is 50.2 Å². The van der Waals surface area contributed by atoms with Crippen LogP contribution < -0.4 is 16.4 Å². The van der Waals surface area contributed by atoms with Crippen LogP contribution in [0, 0.1) is 6.92 Å². The first kappa shape index (κ1) is 15.4. The Kier molecular flexibility index (Phi) is 4.83. The molecule has 4 nitrogen and oxygen atoms in total. The fourth-order valence-electron chi connectivity index (χ4n) is 1.92. The van der Waals surface area contributed by atoms with Crippen molar-refractivity contribution < 1.29 is 4.79 Å². The summed E-state index contributed by atoms with van der Waals surface area (Å²) in [6.45, 7) is 3.83. The van der Waals surface area contributed by atoms with E-state index in [1.54, 1.807) is 6.07 Å². The molecule has 0 saturated heterocycles.